The summed E-state index contributed by atoms with van der Waals surface area (Å²) in [5.74, 6) is 0.258. The summed E-state index contributed by atoms with van der Waals surface area (Å²) < 4.78 is 47.8. The number of ether oxygens (including phenoxy) is 1. The third kappa shape index (κ3) is 4.97. The van der Waals surface area contributed by atoms with E-state index in [2.05, 4.69) is 23.6 Å². The Labute approximate surface area is 177 Å². The Morgan fingerprint density at radius 2 is 1.67 bits per heavy atom. The molecule has 0 saturated carbocycles. The fourth-order valence-corrected chi connectivity index (χ4v) is 4.15. The zero-order chi connectivity index (χ0) is 21.9. The van der Waals surface area contributed by atoms with Crippen molar-refractivity contribution in [3.05, 3.63) is 77.7 Å². The third-order valence-corrected chi connectivity index (χ3v) is 6.04. The topological polar surface area (TPSA) is 68.3 Å². The van der Waals surface area contributed by atoms with Crippen molar-refractivity contribution in [2.45, 2.75) is 44.4 Å². The van der Waals surface area contributed by atoms with Crippen molar-refractivity contribution in [3.8, 4) is 11.6 Å². The lowest BCUT2D eigenvalue weighted by molar-refractivity contribution is 0.446. The molecule has 2 aromatic carbocycles. The summed E-state index contributed by atoms with van der Waals surface area (Å²) in [6.45, 7) is 8.23. The average molecular weight is 429 g/mol. The number of nitrogens with zero attached hydrogens (tertiary/aromatic N) is 1. The summed E-state index contributed by atoms with van der Waals surface area (Å²) in [5, 5.41) is 0. The monoisotopic (exact) mass is 428 g/mol. The van der Waals surface area contributed by atoms with Crippen LogP contribution in [-0.2, 0) is 10.0 Å². The van der Waals surface area contributed by atoms with Gasteiger partial charge in [0.1, 0.15) is 16.5 Å². The van der Waals surface area contributed by atoms with Crippen LogP contribution in [0.4, 0.5) is 10.1 Å². The van der Waals surface area contributed by atoms with Gasteiger partial charge < -0.3 is 4.74 Å². The standard InChI is InChI=1S/C23H25FN2O3S/c1-15(2)17-7-12-21(20(14-17)16(3)4)26-30(27,28)22-6-5-13-25-23(22)29-19-10-8-18(24)9-11-19/h5-16,26H,1-4H3. The van der Waals surface area contributed by atoms with Gasteiger partial charge >= 0.3 is 0 Å². The molecule has 0 aliphatic heterocycles. The van der Waals surface area contributed by atoms with Crippen LogP contribution in [0, 0.1) is 5.82 Å². The van der Waals surface area contributed by atoms with Crippen molar-refractivity contribution in [3.63, 3.8) is 0 Å². The van der Waals surface area contributed by atoms with Crippen LogP contribution in [-0.4, -0.2) is 13.4 Å². The molecule has 1 heterocycles. The van der Waals surface area contributed by atoms with Gasteiger partial charge in [-0.3, -0.25) is 4.72 Å². The second kappa shape index (κ2) is 8.83. The fraction of sp³-hybridized carbons (Fsp3) is 0.261. The molecule has 0 spiro atoms. The van der Waals surface area contributed by atoms with Gasteiger partial charge in [-0.1, -0.05) is 39.8 Å². The summed E-state index contributed by atoms with van der Waals surface area (Å²) in [6.07, 6.45) is 1.44. The Balaban J connectivity index is 1.96. The molecule has 0 saturated heterocycles. The van der Waals surface area contributed by atoms with E-state index in [1.165, 1.54) is 42.6 Å². The quantitative estimate of drug-likeness (QED) is 0.497. The van der Waals surface area contributed by atoms with E-state index in [-0.39, 0.29) is 22.4 Å². The molecule has 30 heavy (non-hydrogen) atoms. The highest BCUT2D eigenvalue weighted by Gasteiger charge is 2.23. The Morgan fingerprint density at radius 1 is 0.967 bits per heavy atom. The van der Waals surface area contributed by atoms with Crippen molar-refractivity contribution < 1.29 is 17.5 Å². The highest BCUT2D eigenvalue weighted by Crippen LogP contribution is 2.32. The highest BCUT2D eigenvalue weighted by atomic mass is 32.2. The molecule has 158 valence electrons. The van der Waals surface area contributed by atoms with E-state index in [1.54, 1.807) is 6.07 Å². The molecule has 1 N–H and O–H groups in total. The van der Waals surface area contributed by atoms with Crippen molar-refractivity contribution in [2.75, 3.05) is 4.72 Å². The predicted molar refractivity (Wildman–Crippen MR) is 116 cm³/mol. The first-order chi connectivity index (χ1) is 14.2. The number of hydrogen-bond acceptors (Lipinski definition) is 4. The molecule has 0 fully saturated rings. The van der Waals surface area contributed by atoms with Crippen LogP contribution in [0.1, 0.15) is 50.7 Å². The number of halogens is 1. The van der Waals surface area contributed by atoms with Gasteiger partial charge in [-0.05, 0) is 65.4 Å². The van der Waals surface area contributed by atoms with Crippen LogP contribution < -0.4 is 9.46 Å². The lowest BCUT2D eigenvalue weighted by Crippen LogP contribution is -2.16. The van der Waals surface area contributed by atoms with Crippen LogP contribution in [0.3, 0.4) is 0 Å². The van der Waals surface area contributed by atoms with Crippen LogP contribution in [0.2, 0.25) is 0 Å². The maximum absolute atomic E-state index is 13.2. The summed E-state index contributed by atoms with van der Waals surface area (Å²) >= 11 is 0. The highest BCUT2D eigenvalue weighted by molar-refractivity contribution is 7.92. The van der Waals surface area contributed by atoms with Gasteiger partial charge in [0.15, 0.2) is 0 Å². The minimum absolute atomic E-state index is 0.0819. The molecule has 0 atom stereocenters. The van der Waals surface area contributed by atoms with Crippen LogP contribution >= 0.6 is 0 Å². The number of hydrogen-bond donors (Lipinski definition) is 1. The molecule has 5 nitrogen and oxygen atoms in total. The molecule has 3 aromatic rings. The van der Waals surface area contributed by atoms with Gasteiger partial charge in [-0.2, -0.15) is 0 Å². The van der Waals surface area contributed by atoms with E-state index in [0.29, 0.717) is 11.6 Å². The van der Waals surface area contributed by atoms with E-state index in [0.717, 1.165) is 11.1 Å². The van der Waals surface area contributed by atoms with Crippen LogP contribution in [0.25, 0.3) is 0 Å². The lowest BCUT2D eigenvalue weighted by atomic mass is 9.94. The summed E-state index contributed by atoms with van der Waals surface area (Å²) in [6, 6.07) is 14.0. The zero-order valence-corrected chi connectivity index (χ0v) is 18.2. The van der Waals surface area contributed by atoms with Gasteiger partial charge in [-0.25, -0.2) is 17.8 Å². The van der Waals surface area contributed by atoms with E-state index < -0.39 is 15.8 Å². The Hall–Kier alpha value is -2.93. The van der Waals surface area contributed by atoms with Gasteiger partial charge in [0, 0.05) is 6.20 Å². The summed E-state index contributed by atoms with van der Waals surface area (Å²) in [5.41, 5.74) is 2.57. The van der Waals surface area contributed by atoms with Crippen molar-refractivity contribution in [1.29, 1.82) is 0 Å². The maximum atomic E-state index is 13.2. The smallest absolute Gasteiger partial charge is 0.267 e. The molecule has 0 radical (unpaired) electrons. The van der Waals surface area contributed by atoms with Crippen molar-refractivity contribution in [2.24, 2.45) is 0 Å². The minimum atomic E-state index is -3.97. The third-order valence-electron chi connectivity index (χ3n) is 4.66. The number of aromatic nitrogens is 1. The molecule has 3 rings (SSSR count). The van der Waals surface area contributed by atoms with Crippen LogP contribution in [0.5, 0.6) is 11.6 Å². The fourth-order valence-electron chi connectivity index (χ4n) is 2.98. The van der Waals surface area contributed by atoms with E-state index in [9.17, 15) is 12.8 Å². The normalized spacial score (nSPS) is 11.7. The molecule has 0 amide bonds. The molecule has 7 heteroatoms. The number of pyridine rings is 1. The van der Waals surface area contributed by atoms with Gasteiger partial charge in [-0.15, -0.1) is 0 Å². The van der Waals surface area contributed by atoms with E-state index in [4.69, 9.17) is 4.74 Å². The van der Waals surface area contributed by atoms with Crippen molar-refractivity contribution in [1.82, 2.24) is 4.98 Å². The number of anilines is 1. The molecule has 1 aromatic heterocycles. The van der Waals surface area contributed by atoms with E-state index >= 15 is 0 Å². The average Bonchev–Trinajstić information content (AvgIpc) is 2.69. The predicted octanol–water partition coefficient (Wildman–Crippen LogP) is 6.06. The number of benzene rings is 2. The second-order valence-electron chi connectivity index (χ2n) is 7.62. The van der Waals surface area contributed by atoms with Gasteiger partial charge in [0.05, 0.1) is 5.69 Å². The molecule has 0 unspecified atom stereocenters. The summed E-state index contributed by atoms with van der Waals surface area (Å²) in [7, 11) is -3.97. The molecule has 0 bridgehead atoms. The van der Waals surface area contributed by atoms with E-state index in [1.807, 2.05) is 26.0 Å². The number of nitrogens with one attached hydrogen (secondary N) is 1. The first kappa shape index (κ1) is 21.8. The molecular weight excluding hydrogens is 403 g/mol. The first-order valence-electron chi connectivity index (χ1n) is 9.72. The van der Waals surface area contributed by atoms with Gasteiger partial charge in [0.25, 0.3) is 10.0 Å². The molecule has 0 aliphatic rings. The maximum Gasteiger partial charge on any atom is 0.267 e. The molecule has 0 aliphatic carbocycles. The Bertz CT molecular complexity index is 1130. The Morgan fingerprint density at radius 3 is 2.30 bits per heavy atom. The van der Waals surface area contributed by atoms with Gasteiger partial charge in [0.2, 0.25) is 5.88 Å². The van der Waals surface area contributed by atoms with Crippen molar-refractivity contribution >= 4 is 15.7 Å². The summed E-state index contributed by atoms with van der Waals surface area (Å²) in [4.78, 5) is 3.96. The second-order valence-corrected chi connectivity index (χ2v) is 9.28. The largest absolute Gasteiger partial charge is 0.438 e. The molecular formula is C23H25FN2O3S. The Kier molecular flexibility index (Phi) is 6.41. The minimum Gasteiger partial charge on any atom is -0.438 e. The zero-order valence-electron chi connectivity index (χ0n) is 17.4. The van der Waals surface area contributed by atoms with Crippen LogP contribution in [0.15, 0.2) is 65.7 Å². The first-order valence-corrected chi connectivity index (χ1v) is 11.2. The lowest BCUT2D eigenvalue weighted by Gasteiger charge is -2.18. The number of sulfonamides is 1. The SMILES string of the molecule is CC(C)c1ccc(NS(=O)(=O)c2cccnc2Oc2ccc(F)cc2)c(C(C)C)c1. The number of rotatable bonds is 7.